The Kier molecular flexibility index (Phi) is 4.00. The summed E-state index contributed by atoms with van der Waals surface area (Å²) in [4.78, 5) is 14.1. The predicted molar refractivity (Wildman–Crippen MR) is 69.4 cm³/mol. The Bertz CT molecular complexity index is 409. The van der Waals surface area contributed by atoms with E-state index in [1.807, 2.05) is 4.90 Å². The van der Waals surface area contributed by atoms with Crippen LogP contribution >= 0.6 is 0 Å². The van der Waals surface area contributed by atoms with Crippen molar-refractivity contribution in [3.8, 4) is 0 Å². The van der Waals surface area contributed by atoms with E-state index in [0.29, 0.717) is 24.9 Å². The molecule has 0 bridgehead atoms. The van der Waals surface area contributed by atoms with Gasteiger partial charge in [0.25, 0.3) is 0 Å². The first-order valence-electron chi connectivity index (χ1n) is 6.60. The fourth-order valence-electron chi connectivity index (χ4n) is 2.06. The Morgan fingerprint density at radius 1 is 1.33 bits per heavy atom. The Hall–Kier alpha value is -1.38. The second-order valence-electron chi connectivity index (χ2n) is 5.48. The summed E-state index contributed by atoms with van der Waals surface area (Å²) in [6.07, 6.45) is 2.80. The maximum Gasteiger partial charge on any atom is 0.223 e. The van der Waals surface area contributed by atoms with Crippen LogP contribution in [0.4, 0.5) is 4.39 Å². The summed E-state index contributed by atoms with van der Waals surface area (Å²) in [6, 6.07) is 6.82. The Balaban J connectivity index is 2.02. The van der Waals surface area contributed by atoms with E-state index in [2.05, 4.69) is 13.8 Å². The van der Waals surface area contributed by atoms with E-state index in [1.165, 1.54) is 12.1 Å². The SMILES string of the molecule is CC(C)CC(=O)N(Cc1ccc(F)cc1)C1CC1. The molecule has 0 unspecified atom stereocenters. The smallest absolute Gasteiger partial charge is 0.223 e. The average Bonchev–Trinajstić information content (AvgIpc) is 3.11. The predicted octanol–water partition coefficient (Wildman–Crippen LogP) is 3.36. The number of benzene rings is 1. The van der Waals surface area contributed by atoms with Gasteiger partial charge in [-0.1, -0.05) is 26.0 Å². The van der Waals surface area contributed by atoms with Gasteiger partial charge in [0.05, 0.1) is 0 Å². The van der Waals surface area contributed by atoms with Gasteiger partial charge in [0.2, 0.25) is 5.91 Å². The lowest BCUT2D eigenvalue weighted by Crippen LogP contribution is -2.33. The summed E-state index contributed by atoms with van der Waals surface area (Å²) in [5.41, 5.74) is 1.00. The third-order valence-corrected chi connectivity index (χ3v) is 3.16. The number of halogens is 1. The molecular formula is C15H20FNO. The van der Waals surface area contributed by atoms with E-state index in [4.69, 9.17) is 0 Å². The molecule has 1 aromatic carbocycles. The van der Waals surface area contributed by atoms with Crippen LogP contribution in [0.2, 0.25) is 0 Å². The Morgan fingerprint density at radius 2 is 1.94 bits per heavy atom. The van der Waals surface area contributed by atoms with Gasteiger partial charge < -0.3 is 4.90 Å². The fraction of sp³-hybridized carbons (Fsp3) is 0.533. The molecule has 1 amide bonds. The molecule has 0 spiro atoms. The second-order valence-corrected chi connectivity index (χ2v) is 5.48. The molecule has 98 valence electrons. The van der Waals surface area contributed by atoms with Gasteiger partial charge in [-0.05, 0) is 36.5 Å². The maximum atomic E-state index is 12.8. The van der Waals surface area contributed by atoms with Gasteiger partial charge in [0.1, 0.15) is 5.82 Å². The van der Waals surface area contributed by atoms with Crippen LogP contribution in [0.1, 0.15) is 38.7 Å². The molecule has 0 radical (unpaired) electrons. The van der Waals surface area contributed by atoms with Crippen molar-refractivity contribution in [1.82, 2.24) is 4.90 Å². The van der Waals surface area contributed by atoms with E-state index < -0.39 is 0 Å². The molecule has 3 heteroatoms. The number of rotatable bonds is 5. The van der Waals surface area contributed by atoms with Crippen molar-refractivity contribution in [3.63, 3.8) is 0 Å². The maximum absolute atomic E-state index is 12.8. The normalized spacial score (nSPS) is 14.9. The molecule has 2 nitrogen and oxygen atoms in total. The van der Waals surface area contributed by atoms with Gasteiger partial charge >= 0.3 is 0 Å². The van der Waals surface area contributed by atoms with Crippen LogP contribution in [-0.2, 0) is 11.3 Å². The third-order valence-electron chi connectivity index (χ3n) is 3.16. The highest BCUT2D eigenvalue weighted by Crippen LogP contribution is 2.29. The minimum absolute atomic E-state index is 0.219. The first-order valence-corrected chi connectivity index (χ1v) is 6.60. The van der Waals surface area contributed by atoms with Crippen molar-refractivity contribution in [2.24, 2.45) is 5.92 Å². The molecule has 18 heavy (non-hydrogen) atoms. The van der Waals surface area contributed by atoms with E-state index in [0.717, 1.165) is 18.4 Å². The quantitative estimate of drug-likeness (QED) is 0.783. The zero-order valence-electron chi connectivity index (χ0n) is 11.0. The molecule has 1 fully saturated rings. The summed E-state index contributed by atoms with van der Waals surface area (Å²) in [5.74, 6) is 0.369. The highest BCUT2D eigenvalue weighted by Gasteiger charge is 2.32. The van der Waals surface area contributed by atoms with Gasteiger partial charge in [-0.2, -0.15) is 0 Å². The van der Waals surface area contributed by atoms with E-state index >= 15 is 0 Å². The Morgan fingerprint density at radius 3 is 2.44 bits per heavy atom. The lowest BCUT2D eigenvalue weighted by Gasteiger charge is -2.23. The van der Waals surface area contributed by atoms with Gasteiger partial charge in [-0.15, -0.1) is 0 Å². The van der Waals surface area contributed by atoms with Crippen LogP contribution in [0.15, 0.2) is 24.3 Å². The molecule has 0 aliphatic heterocycles. The van der Waals surface area contributed by atoms with Gasteiger partial charge in [-0.3, -0.25) is 4.79 Å². The minimum atomic E-state index is -0.231. The molecule has 0 heterocycles. The van der Waals surface area contributed by atoms with Crippen molar-refractivity contribution in [2.45, 2.75) is 45.7 Å². The van der Waals surface area contributed by atoms with Crippen LogP contribution in [0, 0.1) is 11.7 Å². The summed E-state index contributed by atoms with van der Waals surface area (Å²) < 4.78 is 12.8. The molecule has 2 rings (SSSR count). The number of hydrogen-bond acceptors (Lipinski definition) is 1. The lowest BCUT2D eigenvalue weighted by atomic mass is 10.1. The van der Waals surface area contributed by atoms with Crippen molar-refractivity contribution in [1.29, 1.82) is 0 Å². The molecular weight excluding hydrogens is 229 g/mol. The number of nitrogens with zero attached hydrogens (tertiary/aromatic N) is 1. The number of hydrogen-bond donors (Lipinski definition) is 0. The monoisotopic (exact) mass is 249 g/mol. The topological polar surface area (TPSA) is 20.3 Å². The molecule has 1 aliphatic carbocycles. The van der Waals surface area contributed by atoms with Crippen molar-refractivity contribution in [2.75, 3.05) is 0 Å². The fourth-order valence-corrected chi connectivity index (χ4v) is 2.06. The summed E-state index contributed by atoms with van der Waals surface area (Å²) in [7, 11) is 0. The molecule has 0 atom stereocenters. The van der Waals surface area contributed by atoms with Crippen LogP contribution in [-0.4, -0.2) is 16.8 Å². The van der Waals surface area contributed by atoms with E-state index in [1.54, 1.807) is 12.1 Å². The Labute approximate surface area is 108 Å². The molecule has 0 aromatic heterocycles. The summed E-state index contributed by atoms with van der Waals surface area (Å²) >= 11 is 0. The zero-order chi connectivity index (χ0) is 13.1. The highest BCUT2D eigenvalue weighted by atomic mass is 19.1. The standard InChI is InChI=1S/C15H20FNO/c1-11(2)9-15(18)17(14-7-8-14)10-12-3-5-13(16)6-4-12/h3-6,11,14H,7-10H2,1-2H3. The summed E-state index contributed by atoms with van der Waals surface area (Å²) in [5, 5.41) is 0. The first-order chi connectivity index (χ1) is 8.56. The molecule has 1 aliphatic rings. The second kappa shape index (κ2) is 5.51. The van der Waals surface area contributed by atoms with Gasteiger partial charge in [-0.25, -0.2) is 4.39 Å². The highest BCUT2D eigenvalue weighted by molar-refractivity contribution is 5.77. The third kappa shape index (κ3) is 3.56. The number of amides is 1. The van der Waals surface area contributed by atoms with Crippen LogP contribution in [0.25, 0.3) is 0 Å². The number of carbonyl (C=O) groups is 1. The van der Waals surface area contributed by atoms with Crippen molar-refractivity contribution >= 4 is 5.91 Å². The lowest BCUT2D eigenvalue weighted by molar-refractivity contribution is -0.133. The average molecular weight is 249 g/mol. The van der Waals surface area contributed by atoms with Gasteiger partial charge in [0, 0.05) is 19.0 Å². The molecule has 1 aromatic rings. The van der Waals surface area contributed by atoms with Crippen LogP contribution in [0.3, 0.4) is 0 Å². The van der Waals surface area contributed by atoms with Crippen LogP contribution in [0.5, 0.6) is 0 Å². The zero-order valence-corrected chi connectivity index (χ0v) is 11.0. The largest absolute Gasteiger partial charge is 0.335 e. The molecule has 1 saturated carbocycles. The van der Waals surface area contributed by atoms with Crippen LogP contribution < -0.4 is 0 Å². The molecule has 0 saturated heterocycles. The van der Waals surface area contributed by atoms with Gasteiger partial charge in [0.15, 0.2) is 0 Å². The van der Waals surface area contributed by atoms with Crippen molar-refractivity contribution in [3.05, 3.63) is 35.6 Å². The first kappa shape index (κ1) is 13.1. The van der Waals surface area contributed by atoms with E-state index in [-0.39, 0.29) is 11.7 Å². The minimum Gasteiger partial charge on any atom is -0.335 e. The molecule has 0 N–H and O–H groups in total. The summed E-state index contributed by atoms with van der Waals surface area (Å²) in [6.45, 7) is 4.72. The number of carbonyl (C=O) groups excluding carboxylic acids is 1. The van der Waals surface area contributed by atoms with Crippen molar-refractivity contribution < 1.29 is 9.18 Å². The van der Waals surface area contributed by atoms with E-state index in [9.17, 15) is 9.18 Å².